The molecule has 4 aromatic rings. The third kappa shape index (κ3) is 4.49. The second-order valence-electron chi connectivity index (χ2n) is 7.08. The molecule has 7 nitrogen and oxygen atoms in total. The molecule has 2 aromatic carbocycles. The fourth-order valence-corrected chi connectivity index (χ4v) is 3.32. The molecule has 0 atom stereocenters. The molecule has 0 spiro atoms. The normalized spacial score (nSPS) is 11.1. The van der Waals surface area contributed by atoms with Crippen LogP contribution in [0.3, 0.4) is 0 Å². The van der Waals surface area contributed by atoms with Gasteiger partial charge in [0.2, 0.25) is 5.91 Å². The molecule has 0 aliphatic carbocycles. The zero-order valence-corrected chi connectivity index (χ0v) is 17.3. The predicted molar refractivity (Wildman–Crippen MR) is 114 cm³/mol. The summed E-state index contributed by atoms with van der Waals surface area (Å²) < 4.78 is 19.6. The van der Waals surface area contributed by atoms with E-state index < -0.39 is 11.4 Å². The zero-order chi connectivity index (χ0) is 22.0. The van der Waals surface area contributed by atoms with Gasteiger partial charge in [-0.1, -0.05) is 52.7 Å². The van der Waals surface area contributed by atoms with Crippen LogP contribution in [0.4, 0.5) is 4.39 Å². The highest BCUT2D eigenvalue weighted by Gasteiger charge is 2.16. The van der Waals surface area contributed by atoms with E-state index in [0.717, 1.165) is 11.1 Å². The van der Waals surface area contributed by atoms with Crippen molar-refractivity contribution in [3.8, 4) is 11.3 Å². The Balaban J connectivity index is 1.44. The number of rotatable bonds is 6. The SMILES string of the molecule is Cc1ccc(-c2noc3c(=O)n(CCC(=O)NCc4ccc(F)cc4Cl)cnc23)cc1. The van der Waals surface area contributed by atoms with Crippen molar-refractivity contribution in [1.29, 1.82) is 0 Å². The number of amides is 1. The molecule has 0 aliphatic rings. The van der Waals surface area contributed by atoms with Gasteiger partial charge in [-0.3, -0.25) is 14.2 Å². The summed E-state index contributed by atoms with van der Waals surface area (Å²) in [7, 11) is 0. The summed E-state index contributed by atoms with van der Waals surface area (Å²) in [5, 5.41) is 6.94. The first kappa shape index (κ1) is 20.7. The lowest BCUT2D eigenvalue weighted by Gasteiger charge is -2.08. The molecule has 2 aromatic heterocycles. The van der Waals surface area contributed by atoms with Crippen LogP contribution >= 0.6 is 11.6 Å². The van der Waals surface area contributed by atoms with Crippen molar-refractivity contribution in [2.24, 2.45) is 0 Å². The highest BCUT2D eigenvalue weighted by molar-refractivity contribution is 6.31. The van der Waals surface area contributed by atoms with Crippen molar-refractivity contribution in [2.45, 2.75) is 26.4 Å². The molecule has 158 valence electrons. The lowest BCUT2D eigenvalue weighted by molar-refractivity contribution is -0.121. The van der Waals surface area contributed by atoms with Crippen LogP contribution in [-0.2, 0) is 17.9 Å². The number of benzene rings is 2. The molecule has 0 bridgehead atoms. The summed E-state index contributed by atoms with van der Waals surface area (Å²) in [6.07, 6.45) is 1.43. The molecule has 0 saturated heterocycles. The summed E-state index contributed by atoms with van der Waals surface area (Å²) in [5.41, 5.74) is 3.00. The molecular weight excluding hydrogens is 423 g/mol. The van der Waals surface area contributed by atoms with Crippen LogP contribution in [0.5, 0.6) is 0 Å². The van der Waals surface area contributed by atoms with E-state index in [1.807, 2.05) is 31.2 Å². The quantitative estimate of drug-likeness (QED) is 0.491. The number of nitrogens with one attached hydrogen (secondary N) is 1. The minimum Gasteiger partial charge on any atom is -0.352 e. The summed E-state index contributed by atoms with van der Waals surface area (Å²) in [5.74, 6) is -0.731. The smallest absolute Gasteiger partial charge is 0.299 e. The summed E-state index contributed by atoms with van der Waals surface area (Å²) >= 11 is 5.95. The Labute approximate surface area is 181 Å². The Morgan fingerprint density at radius 3 is 2.74 bits per heavy atom. The average Bonchev–Trinajstić information content (AvgIpc) is 3.18. The van der Waals surface area contributed by atoms with Crippen LogP contribution in [-0.4, -0.2) is 20.6 Å². The van der Waals surface area contributed by atoms with E-state index in [1.54, 1.807) is 0 Å². The van der Waals surface area contributed by atoms with Crippen LogP contribution in [0.1, 0.15) is 17.5 Å². The van der Waals surface area contributed by atoms with Gasteiger partial charge in [-0.15, -0.1) is 0 Å². The Bertz CT molecular complexity index is 1310. The van der Waals surface area contributed by atoms with Crippen LogP contribution in [0.2, 0.25) is 5.02 Å². The van der Waals surface area contributed by atoms with Crippen molar-refractivity contribution in [1.82, 2.24) is 20.0 Å². The fourth-order valence-electron chi connectivity index (χ4n) is 3.09. The maximum atomic E-state index is 13.1. The number of fused-ring (bicyclic) bond motifs is 1. The van der Waals surface area contributed by atoms with Crippen LogP contribution < -0.4 is 10.9 Å². The lowest BCUT2D eigenvalue weighted by Crippen LogP contribution is -2.27. The number of carbonyl (C=O) groups is 1. The van der Waals surface area contributed by atoms with Gasteiger partial charge in [-0.2, -0.15) is 0 Å². The van der Waals surface area contributed by atoms with Gasteiger partial charge in [-0.05, 0) is 24.6 Å². The maximum Gasteiger partial charge on any atom is 0.299 e. The number of aromatic nitrogens is 3. The number of hydrogen-bond acceptors (Lipinski definition) is 5. The molecule has 1 N–H and O–H groups in total. The molecule has 0 saturated carbocycles. The highest BCUT2D eigenvalue weighted by atomic mass is 35.5. The van der Waals surface area contributed by atoms with E-state index in [0.29, 0.717) is 16.8 Å². The van der Waals surface area contributed by atoms with Gasteiger partial charge in [0.15, 0.2) is 0 Å². The van der Waals surface area contributed by atoms with E-state index in [1.165, 1.54) is 29.1 Å². The van der Waals surface area contributed by atoms with E-state index in [2.05, 4.69) is 15.5 Å². The summed E-state index contributed by atoms with van der Waals surface area (Å²) in [6.45, 7) is 2.25. The third-order valence-corrected chi connectivity index (χ3v) is 5.20. The van der Waals surface area contributed by atoms with Crippen LogP contribution in [0, 0.1) is 12.7 Å². The minimum absolute atomic E-state index is 0.0385. The summed E-state index contributed by atoms with van der Waals surface area (Å²) in [4.78, 5) is 29.2. The molecule has 0 fully saturated rings. The average molecular weight is 441 g/mol. The number of carbonyl (C=O) groups excluding carboxylic acids is 1. The van der Waals surface area contributed by atoms with Gasteiger partial charge in [0, 0.05) is 30.1 Å². The first-order valence-corrected chi connectivity index (χ1v) is 9.92. The monoisotopic (exact) mass is 440 g/mol. The Hall–Kier alpha value is -3.52. The van der Waals surface area contributed by atoms with Crippen LogP contribution in [0.15, 0.2) is 58.1 Å². The fraction of sp³-hybridized carbons (Fsp3) is 0.182. The number of nitrogens with zero attached hydrogens (tertiary/aromatic N) is 3. The topological polar surface area (TPSA) is 90.0 Å². The van der Waals surface area contributed by atoms with E-state index >= 15 is 0 Å². The van der Waals surface area contributed by atoms with E-state index in [9.17, 15) is 14.0 Å². The van der Waals surface area contributed by atoms with Crippen molar-refractivity contribution in [3.63, 3.8) is 0 Å². The lowest BCUT2D eigenvalue weighted by atomic mass is 10.1. The van der Waals surface area contributed by atoms with Gasteiger partial charge in [-0.25, -0.2) is 9.37 Å². The predicted octanol–water partition coefficient (Wildman–Crippen LogP) is 3.86. The standard InChI is InChI=1S/C22H18ClFN4O3/c1-13-2-4-14(5-3-13)19-20-21(31-27-19)22(30)28(12-26-20)9-8-18(29)25-11-15-6-7-16(24)10-17(15)23/h2-7,10,12H,8-9,11H2,1H3,(H,25,29). The molecule has 1 amide bonds. The van der Waals surface area contributed by atoms with E-state index in [-0.39, 0.29) is 36.0 Å². The highest BCUT2D eigenvalue weighted by Crippen LogP contribution is 2.24. The Morgan fingerprint density at radius 1 is 1.23 bits per heavy atom. The maximum absolute atomic E-state index is 13.1. The molecule has 0 aliphatic heterocycles. The van der Waals surface area contributed by atoms with Crippen molar-refractivity contribution in [3.05, 3.63) is 81.1 Å². The van der Waals surface area contributed by atoms with Gasteiger partial charge < -0.3 is 9.84 Å². The first-order valence-electron chi connectivity index (χ1n) is 9.55. The zero-order valence-electron chi connectivity index (χ0n) is 16.6. The molecule has 9 heteroatoms. The molecule has 2 heterocycles. The van der Waals surface area contributed by atoms with Crippen molar-refractivity contribution >= 4 is 28.6 Å². The molecule has 4 rings (SSSR count). The molecular formula is C22H18ClFN4O3. The largest absolute Gasteiger partial charge is 0.352 e. The van der Waals surface area contributed by atoms with Crippen molar-refractivity contribution < 1.29 is 13.7 Å². The number of aryl methyl sites for hydroxylation is 2. The van der Waals surface area contributed by atoms with Crippen LogP contribution in [0.25, 0.3) is 22.4 Å². The minimum atomic E-state index is -0.444. The summed E-state index contributed by atoms with van der Waals surface area (Å²) in [6, 6.07) is 11.6. The van der Waals surface area contributed by atoms with Crippen molar-refractivity contribution in [2.75, 3.05) is 0 Å². The molecule has 0 unspecified atom stereocenters. The van der Waals surface area contributed by atoms with Gasteiger partial charge >= 0.3 is 0 Å². The van der Waals surface area contributed by atoms with E-state index in [4.69, 9.17) is 16.1 Å². The number of halogens is 2. The molecule has 0 radical (unpaired) electrons. The molecule has 31 heavy (non-hydrogen) atoms. The van der Waals surface area contributed by atoms with Gasteiger partial charge in [0.1, 0.15) is 17.0 Å². The second kappa shape index (κ2) is 8.69. The first-order chi connectivity index (χ1) is 14.9. The number of hydrogen-bond donors (Lipinski definition) is 1. The second-order valence-corrected chi connectivity index (χ2v) is 7.49. The van der Waals surface area contributed by atoms with Gasteiger partial charge in [0.25, 0.3) is 11.1 Å². The Kier molecular flexibility index (Phi) is 5.81. The third-order valence-electron chi connectivity index (χ3n) is 4.84. The Morgan fingerprint density at radius 2 is 2.00 bits per heavy atom. The van der Waals surface area contributed by atoms with Gasteiger partial charge in [0.05, 0.1) is 6.33 Å².